The fourth-order valence-corrected chi connectivity index (χ4v) is 2.61. The van der Waals surface area contributed by atoms with Gasteiger partial charge in [0.25, 0.3) is 5.69 Å². The van der Waals surface area contributed by atoms with Crippen molar-refractivity contribution in [2.75, 3.05) is 19.6 Å². The average molecular weight is 342 g/mol. The first-order valence-corrected chi connectivity index (χ1v) is 7.70. The Morgan fingerprint density at radius 3 is 2.78 bits per heavy atom. The van der Waals surface area contributed by atoms with Crippen molar-refractivity contribution < 1.29 is 14.5 Å². The first kappa shape index (κ1) is 17.5. The number of halogens is 1. The number of benzene rings is 1. The molecule has 1 N–H and O–H groups in total. The predicted molar refractivity (Wildman–Crippen MR) is 86.7 cm³/mol. The Hall–Kier alpha value is -1.86. The van der Waals surface area contributed by atoms with Crippen molar-refractivity contribution in [3.8, 4) is 0 Å². The summed E-state index contributed by atoms with van der Waals surface area (Å²) in [4.78, 5) is 24.2. The summed E-state index contributed by atoms with van der Waals surface area (Å²) in [6, 6.07) is 4.03. The highest BCUT2D eigenvalue weighted by Crippen LogP contribution is 2.29. The van der Waals surface area contributed by atoms with Crippen molar-refractivity contribution in [3.05, 3.63) is 38.9 Å². The van der Waals surface area contributed by atoms with Crippen molar-refractivity contribution in [1.29, 1.82) is 0 Å². The van der Waals surface area contributed by atoms with Gasteiger partial charge < -0.3 is 15.0 Å². The molecular weight excluding hydrogens is 322 g/mol. The van der Waals surface area contributed by atoms with Crippen LogP contribution in [0.2, 0.25) is 5.02 Å². The normalized spacial score (nSPS) is 18.6. The number of carbonyl (C=O) groups excluding carboxylic acids is 1. The molecule has 0 bridgehead atoms. The molecule has 0 spiro atoms. The summed E-state index contributed by atoms with van der Waals surface area (Å²) in [6.07, 6.45) is -0.398. The van der Waals surface area contributed by atoms with E-state index in [9.17, 15) is 14.9 Å². The first-order chi connectivity index (χ1) is 10.7. The van der Waals surface area contributed by atoms with Crippen LogP contribution in [0.15, 0.2) is 18.2 Å². The number of nitro groups is 1. The molecule has 1 heterocycles. The van der Waals surface area contributed by atoms with Crippen molar-refractivity contribution in [2.24, 2.45) is 0 Å². The number of amides is 1. The van der Waals surface area contributed by atoms with Crippen LogP contribution in [0.1, 0.15) is 32.4 Å². The molecule has 0 radical (unpaired) electrons. The molecule has 2 rings (SSSR count). The second-order valence-corrected chi connectivity index (χ2v) is 6.80. The minimum absolute atomic E-state index is 0.0272. The maximum atomic E-state index is 12.2. The van der Waals surface area contributed by atoms with Crippen LogP contribution in [0.5, 0.6) is 0 Å². The Labute approximate surface area is 139 Å². The van der Waals surface area contributed by atoms with Gasteiger partial charge >= 0.3 is 6.09 Å². The Morgan fingerprint density at radius 2 is 2.17 bits per heavy atom. The summed E-state index contributed by atoms with van der Waals surface area (Å²) in [7, 11) is 0. The van der Waals surface area contributed by atoms with Crippen molar-refractivity contribution in [1.82, 2.24) is 10.2 Å². The summed E-state index contributed by atoms with van der Waals surface area (Å²) < 4.78 is 5.37. The van der Waals surface area contributed by atoms with E-state index in [-0.39, 0.29) is 11.7 Å². The maximum Gasteiger partial charge on any atom is 0.410 e. The molecular formula is C15H20ClN3O4. The van der Waals surface area contributed by atoms with E-state index < -0.39 is 16.6 Å². The summed E-state index contributed by atoms with van der Waals surface area (Å²) >= 11 is 6.17. The standard InChI is InChI=1S/C15H20ClN3O4/c1-15(2,3)23-14(20)18-7-6-17-13(9-18)11-8-10(19(21)22)4-5-12(11)16/h4-5,8,13,17H,6-7,9H2,1-3H3. The van der Waals surface area contributed by atoms with Gasteiger partial charge in [-0.05, 0) is 32.4 Å². The van der Waals surface area contributed by atoms with E-state index in [1.165, 1.54) is 18.2 Å². The number of hydrogen-bond donors (Lipinski definition) is 1. The van der Waals surface area contributed by atoms with Crippen LogP contribution < -0.4 is 5.32 Å². The minimum atomic E-state index is -0.569. The smallest absolute Gasteiger partial charge is 0.410 e. The maximum absolute atomic E-state index is 12.2. The van der Waals surface area contributed by atoms with E-state index in [0.717, 1.165) is 0 Å². The average Bonchev–Trinajstić information content (AvgIpc) is 2.46. The largest absolute Gasteiger partial charge is 0.444 e. The third kappa shape index (κ3) is 4.56. The molecule has 0 aromatic heterocycles. The molecule has 8 heteroatoms. The van der Waals surface area contributed by atoms with E-state index in [1.807, 2.05) is 20.8 Å². The summed E-state index contributed by atoms with van der Waals surface area (Å²) in [6.45, 7) is 6.84. The zero-order valence-corrected chi connectivity index (χ0v) is 14.1. The van der Waals surface area contributed by atoms with Gasteiger partial charge in [-0.2, -0.15) is 0 Å². The second kappa shape index (κ2) is 6.72. The van der Waals surface area contributed by atoms with Crippen LogP contribution in [-0.2, 0) is 4.74 Å². The lowest BCUT2D eigenvalue weighted by atomic mass is 10.0. The molecule has 126 valence electrons. The van der Waals surface area contributed by atoms with E-state index in [4.69, 9.17) is 16.3 Å². The van der Waals surface area contributed by atoms with E-state index in [2.05, 4.69) is 5.32 Å². The SMILES string of the molecule is CC(C)(C)OC(=O)N1CCNC(c2cc([N+](=O)[O-])ccc2Cl)C1. The molecule has 1 aromatic carbocycles. The highest BCUT2D eigenvalue weighted by Gasteiger charge is 2.29. The Morgan fingerprint density at radius 1 is 1.48 bits per heavy atom. The van der Waals surface area contributed by atoms with Crippen molar-refractivity contribution in [2.45, 2.75) is 32.4 Å². The van der Waals surface area contributed by atoms with Gasteiger partial charge in [-0.15, -0.1) is 0 Å². The van der Waals surface area contributed by atoms with Gasteiger partial charge in [-0.3, -0.25) is 10.1 Å². The van der Waals surface area contributed by atoms with Crippen LogP contribution in [0.25, 0.3) is 0 Å². The lowest BCUT2D eigenvalue weighted by Crippen LogP contribution is -2.49. The molecule has 23 heavy (non-hydrogen) atoms. The number of piperazine rings is 1. The minimum Gasteiger partial charge on any atom is -0.444 e. The molecule has 7 nitrogen and oxygen atoms in total. The van der Waals surface area contributed by atoms with Gasteiger partial charge in [-0.25, -0.2) is 4.79 Å². The third-order valence-electron chi connectivity index (χ3n) is 3.39. The molecule has 1 atom stereocenters. The zero-order valence-electron chi connectivity index (χ0n) is 13.3. The molecule has 1 fully saturated rings. The molecule has 0 saturated carbocycles. The number of rotatable bonds is 2. The number of carbonyl (C=O) groups is 1. The second-order valence-electron chi connectivity index (χ2n) is 6.40. The highest BCUT2D eigenvalue weighted by molar-refractivity contribution is 6.31. The number of non-ortho nitro benzene ring substituents is 1. The number of nitro benzene ring substituents is 1. The van der Waals surface area contributed by atoms with Crippen LogP contribution >= 0.6 is 11.6 Å². The van der Waals surface area contributed by atoms with Crippen LogP contribution in [0, 0.1) is 10.1 Å². The Balaban J connectivity index is 2.17. The Bertz CT molecular complexity index is 615. The van der Waals surface area contributed by atoms with Crippen LogP contribution in [-0.4, -0.2) is 41.2 Å². The van der Waals surface area contributed by atoms with Gasteiger partial charge in [0.05, 0.1) is 11.0 Å². The summed E-state index contributed by atoms with van der Waals surface area (Å²) in [5.41, 5.74) is 0.00963. The van der Waals surface area contributed by atoms with Crippen LogP contribution in [0.3, 0.4) is 0 Å². The molecule has 0 aliphatic carbocycles. The number of ether oxygens (including phenoxy) is 1. The fourth-order valence-electron chi connectivity index (χ4n) is 2.36. The van der Waals surface area contributed by atoms with E-state index >= 15 is 0 Å². The summed E-state index contributed by atoms with van der Waals surface area (Å²) in [5.74, 6) is 0. The molecule has 1 aliphatic heterocycles. The highest BCUT2D eigenvalue weighted by atomic mass is 35.5. The quantitative estimate of drug-likeness (QED) is 0.660. The van der Waals surface area contributed by atoms with Crippen molar-refractivity contribution in [3.63, 3.8) is 0 Å². The first-order valence-electron chi connectivity index (χ1n) is 7.32. The molecule has 1 aliphatic rings. The molecule has 1 aromatic rings. The monoisotopic (exact) mass is 341 g/mol. The number of nitrogens with zero attached hydrogens (tertiary/aromatic N) is 2. The van der Waals surface area contributed by atoms with Crippen molar-refractivity contribution >= 4 is 23.4 Å². The molecule has 1 unspecified atom stereocenters. The molecule has 1 saturated heterocycles. The zero-order chi connectivity index (χ0) is 17.2. The summed E-state index contributed by atoms with van der Waals surface area (Å²) in [5, 5.41) is 14.6. The predicted octanol–water partition coefficient (Wildman–Crippen LogP) is 3.13. The topological polar surface area (TPSA) is 84.7 Å². The lowest BCUT2D eigenvalue weighted by molar-refractivity contribution is -0.384. The Kier molecular flexibility index (Phi) is 5.11. The number of nitrogens with one attached hydrogen (secondary N) is 1. The van der Waals surface area contributed by atoms with Gasteiger partial charge in [0.2, 0.25) is 0 Å². The van der Waals surface area contributed by atoms with Gasteiger partial charge in [0.1, 0.15) is 5.60 Å². The van der Waals surface area contributed by atoms with Gasteiger partial charge in [0, 0.05) is 36.8 Å². The van der Waals surface area contributed by atoms with Gasteiger partial charge in [-0.1, -0.05) is 11.6 Å². The number of hydrogen-bond acceptors (Lipinski definition) is 5. The lowest BCUT2D eigenvalue weighted by Gasteiger charge is -2.35. The van der Waals surface area contributed by atoms with Crippen LogP contribution in [0.4, 0.5) is 10.5 Å². The van der Waals surface area contributed by atoms with Gasteiger partial charge in [0.15, 0.2) is 0 Å². The molecule has 1 amide bonds. The van der Waals surface area contributed by atoms with E-state index in [1.54, 1.807) is 4.90 Å². The third-order valence-corrected chi connectivity index (χ3v) is 3.74. The fraction of sp³-hybridized carbons (Fsp3) is 0.533. The van der Waals surface area contributed by atoms with E-state index in [0.29, 0.717) is 30.2 Å².